The molecule has 1 aromatic rings. The number of hydrogen-bond acceptors (Lipinski definition) is 5. The Morgan fingerprint density at radius 3 is 2.74 bits per heavy atom. The zero-order valence-electron chi connectivity index (χ0n) is 13.1. The van der Waals surface area contributed by atoms with E-state index in [0.717, 1.165) is 19.0 Å². The van der Waals surface area contributed by atoms with Gasteiger partial charge in [0.2, 0.25) is 10.0 Å². The molecule has 0 amide bonds. The number of methoxy groups -OCH3 is 1. The minimum Gasteiger partial charge on any atom is -0.490 e. The van der Waals surface area contributed by atoms with Gasteiger partial charge in [0.15, 0.2) is 0 Å². The minimum absolute atomic E-state index is 0. The van der Waals surface area contributed by atoms with E-state index in [-0.39, 0.29) is 35.7 Å². The summed E-state index contributed by atoms with van der Waals surface area (Å²) in [5.74, 6) is -0.480. The number of ether oxygens (including phenoxy) is 2. The first-order chi connectivity index (χ1) is 10.5. The van der Waals surface area contributed by atoms with E-state index in [9.17, 15) is 12.8 Å². The molecule has 0 aromatic heterocycles. The molecular formula is C14H22ClFN2O4S. The predicted octanol–water partition coefficient (Wildman–Crippen LogP) is 1.26. The monoisotopic (exact) mass is 368 g/mol. The van der Waals surface area contributed by atoms with Gasteiger partial charge < -0.3 is 14.8 Å². The van der Waals surface area contributed by atoms with Crippen molar-refractivity contribution in [2.75, 3.05) is 40.5 Å². The average molecular weight is 369 g/mol. The molecular weight excluding hydrogens is 347 g/mol. The topological polar surface area (TPSA) is 67.9 Å². The number of halogens is 2. The zero-order valence-corrected chi connectivity index (χ0v) is 14.8. The van der Waals surface area contributed by atoms with Crippen molar-refractivity contribution >= 4 is 22.4 Å². The van der Waals surface area contributed by atoms with E-state index < -0.39 is 15.8 Å². The van der Waals surface area contributed by atoms with Crippen LogP contribution in [0.1, 0.15) is 6.42 Å². The van der Waals surface area contributed by atoms with E-state index >= 15 is 0 Å². The smallest absolute Gasteiger partial charge is 0.246 e. The number of hydrogen-bond donors (Lipinski definition) is 1. The van der Waals surface area contributed by atoms with Crippen LogP contribution in [0.25, 0.3) is 0 Å². The minimum atomic E-state index is -3.83. The molecule has 9 heteroatoms. The normalized spacial score (nSPS) is 18.0. The van der Waals surface area contributed by atoms with Crippen LogP contribution in [0, 0.1) is 5.82 Å². The summed E-state index contributed by atoms with van der Waals surface area (Å²) in [7, 11) is -0.794. The van der Waals surface area contributed by atoms with E-state index in [1.54, 1.807) is 0 Å². The lowest BCUT2D eigenvalue weighted by atomic mass is 10.3. The summed E-state index contributed by atoms with van der Waals surface area (Å²) in [6.45, 7) is 1.87. The fraction of sp³-hybridized carbons (Fsp3) is 0.571. The molecule has 0 saturated carbocycles. The highest BCUT2D eigenvalue weighted by atomic mass is 35.5. The van der Waals surface area contributed by atoms with E-state index in [2.05, 4.69) is 5.32 Å². The molecule has 0 radical (unpaired) electrons. The maximum absolute atomic E-state index is 13.5. The SMILES string of the molecule is COCCOc1ccc(F)cc1S(=O)(=O)N(C)C1CCNC1.Cl. The Labute approximate surface area is 142 Å². The Hall–Kier alpha value is -0.930. The third-order valence-corrected chi connectivity index (χ3v) is 5.59. The van der Waals surface area contributed by atoms with E-state index in [1.807, 2.05) is 0 Å². The molecule has 0 spiro atoms. The molecule has 2 rings (SSSR count). The highest BCUT2D eigenvalue weighted by molar-refractivity contribution is 7.89. The second-order valence-corrected chi connectivity index (χ2v) is 7.07. The van der Waals surface area contributed by atoms with Crippen LogP contribution in [0.4, 0.5) is 4.39 Å². The van der Waals surface area contributed by atoms with E-state index in [1.165, 1.54) is 30.6 Å². The molecule has 1 heterocycles. The van der Waals surface area contributed by atoms with E-state index in [0.29, 0.717) is 13.2 Å². The average Bonchev–Trinajstić information content (AvgIpc) is 3.02. The van der Waals surface area contributed by atoms with Crippen LogP contribution in [-0.2, 0) is 14.8 Å². The Balaban J connectivity index is 0.00000264. The third kappa shape index (κ3) is 4.77. The lowest BCUT2D eigenvalue weighted by Crippen LogP contribution is -2.38. The van der Waals surface area contributed by atoms with Gasteiger partial charge in [-0.1, -0.05) is 0 Å². The lowest BCUT2D eigenvalue weighted by molar-refractivity contribution is 0.144. The molecule has 1 N–H and O–H groups in total. The summed E-state index contributed by atoms with van der Waals surface area (Å²) in [4.78, 5) is -0.155. The number of likely N-dealkylation sites (N-methyl/N-ethyl adjacent to an activating group) is 1. The molecule has 1 saturated heterocycles. The first-order valence-electron chi connectivity index (χ1n) is 7.07. The molecule has 23 heavy (non-hydrogen) atoms. The van der Waals surface area contributed by atoms with Gasteiger partial charge in [-0.3, -0.25) is 0 Å². The Bertz CT molecular complexity index is 609. The number of nitrogens with zero attached hydrogens (tertiary/aromatic N) is 1. The van der Waals surface area contributed by atoms with Crippen molar-refractivity contribution in [2.45, 2.75) is 17.4 Å². The van der Waals surface area contributed by atoms with Crippen molar-refractivity contribution in [3.63, 3.8) is 0 Å². The molecule has 1 aromatic carbocycles. The van der Waals surface area contributed by atoms with Crippen LogP contribution in [0.15, 0.2) is 23.1 Å². The number of rotatable bonds is 7. The van der Waals surface area contributed by atoms with Gasteiger partial charge in [-0.15, -0.1) is 12.4 Å². The number of benzene rings is 1. The van der Waals surface area contributed by atoms with Crippen LogP contribution < -0.4 is 10.1 Å². The molecule has 132 valence electrons. The van der Waals surface area contributed by atoms with Crippen LogP contribution in [0.3, 0.4) is 0 Å². The lowest BCUT2D eigenvalue weighted by Gasteiger charge is -2.24. The fourth-order valence-corrected chi connectivity index (χ4v) is 3.86. The molecule has 6 nitrogen and oxygen atoms in total. The van der Waals surface area contributed by atoms with Gasteiger partial charge in [0.1, 0.15) is 23.1 Å². The largest absolute Gasteiger partial charge is 0.490 e. The van der Waals surface area contributed by atoms with Crippen LogP contribution in [0.2, 0.25) is 0 Å². The van der Waals surface area contributed by atoms with Gasteiger partial charge in [0.05, 0.1) is 6.61 Å². The van der Waals surface area contributed by atoms with Gasteiger partial charge in [0, 0.05) is 26.7 Å². The summed E-state index contributed by atoms with van der Waals surface area (Å²) >= 11 is 0. The first-order valence-corrected chi connectivity index (χ1v) is 8.51. The van der Waals surface area contributed by atoms with Gasteiger partial charge in [-0.2, -0.15) is 4.31 Å². The van der Waals surface area contributed by atoms with Gasteiger partial charge in [-0.05, 0) is 31.2 Å². The van der Waals surface area contributed by atoms with Crippen molar-refractivity contribution in [1.82, 2.24) is 9.62 Å². The summed E-state index contributed by atoms with van der Waals surface area (Å²) in [6, 6.07) is 3.37. The number of nitrogens with one attached hydrogen (secondary N) is 1. The summed E-state index contributed by atoms with van der Waals surface area (Å²) in [6.07, 6.45) is 0.727. The van der Waals surface area contributed by atoms with Gasteiger partial charge >= 0.3 is 0 Å². The Morgan fingerprint density at radius 1 is 1.39 bits per heavy atom. The third-order valence-electron chi connectivity index (χ3n) is 3.66. The van der Waals surface area contributed by atoms with Crippen LogP contribution >= 0.6 is 12.4 Å². The zero-order chi connectivity index (χ0) is 16.2. The highest BCUT2D eigenvalue weighted by Crippen LogP contribution is 2.29. The maximum Gasteiger partial charge on any atom is 0.246 e. The van der Waals surface area contributed by atoms with Crippen molar-refractivity contribution < 1.29 is 22.3 Å². The second-order valence-electron chi connectivity index (χ2n) is 5.10. The van der Waals surface area contributed by atoms with Crippen LogP contribution in [0.5, 0.6) is 5.75 Å². The van der Waals surface area contributed by atoms with Crippen molar-refractivity contribution in [3.05, 3.63) is 24.0 Å². The van der Waals surface area contributed by atoms with Crippen molar-refractivity contribution in [3.8, 4) is 5.75 Å². The molecule has 1 atom stereocenters. The Kier molecular flexibility index (Phi) is 7.69. The van der Waals surface area contributed by atoms with Crippen LogP contribution in [-0.4, -0.2) is 59.2 Å². The molecule has 1 fully saturated rings. The molecule has 0 bridgehead atoms. The van der Waals surface area contributed by atoms with Gasteiger partial charge in [0.25, 0.3) is 0 Å². The van der Waals surface area contributed by atoms with Crippen molar-refractivity contribution in [1.29, 1.82) is 0 Å². The second kappa shape index (κ2) is 8.79. The van der Waals surface area contributed by atoms with Crippen molar-refractivity contribution in [2.24, 2.45) is 0 Å². The van der Waals surface area contributed by atoms with Gasteiger partial charge in [-0.25, -0.2) is 12.8 Å². The summed E-state index contributed by atoms with van der Waals surface area (Å²) in [5.41, 5.74) is 0. The molecule has 1 unspecified atom stereocenters. The standard InChI is InChI=1S/C14H21FN2O4S.ClH/c1-17(12-5-6-16-10-12)22(18,19)14-9-11(15)3-4-13(14)21-8-7-20-2;/h3-4,9,12,16H,5-8,10H2,1-2H3;1H. The quantitative estimate of drug-likeness (QED) is 0.734. The number of sulfonamides is 1. The first kappa shape index (κ1) is 20.1. The predicted molar refractivity (Wildman–Crippen MR) is 87.2 cm³/mol. The maximum atomic E-state index is 13.5. The highest BCUT2D eigenvalue weighted by Gasteiger charge is 2.32. The molecule has 0 aliphatic carbocycles. The van der Waals surface area contributed by atoms with E-state index in [4.69, 9.17) is 9.47 Å². The Morgan fingerprint density at radius 2 is 2.13 bits per heavy atom. The molecule has 1 aliphatic heterocycles. The molecule has 1 aliphatic rings. The summed E-state index contributed by atoms with van der Waals surface area (Å²) < 4.78 is 50.6. The fourth-order valence-electron chi connectivity index (χ4n) is 2.34. The summed E-state index contributed by atoms with van der Waals surface area (Å²) in [5, 5.41) is 3.12.